The molecule has 2 aromatic rings. The highest BCUT2D eigenvalue weighted by molar-refractivity contribution is 6.08. The summed E-state index contributed by atoms with van der Waals surface area (Å²) >= 11 is 0. The monoisotopic (exact) mass is 504 g/mol. The lowest BCUT2D eigenvalue weighted by Gasteiger charge is -2.26. The molecular formula is C27H28N4O6. The highest BCUT2D eigenvalue weighted by Gasteiger charge is 2.34. The third-order valence-electron chi connectivity index (χ3n) is 6.41. The number of hydrogen-bond acceptors (Lipinski definition) is 6. The van der Waals surface area contributed by atoms with Crippen LogP contribution in [0.5, 0.6) is 5.75 Å². The van der Waals surface area contributed by atoms with Gasteiger partial charge in [0.1, 0.15) is 11.4 Å². The van der Waals surface area contributed by atoms with Crippen LogP contribution in [-0.2, 0) is 25.7 Å². The highest BCUT2D eigenvalue weighted by Crippen LogP contribution is 2.39. The number of carbonyl (C=O) groups is 4. The van der Waals surface area contributed by atoms with Crippen LogP contribution in [0, 0.1) is 0 Å². The van der Waals surface area contributed by atoms with E-state index in [4.69, 9.17) is 9.47 Å². The van der Waals surface area contributed by atoms with Crippen LogP contribution < -0.4 is 15.0 Å². The summed E-state index contributed by atoms with van der Waals surface area (Å²) in [5, 5.41) is 2.44. The minimum Gasteiger partial charge on any atom is -0.482 e. The summed E-state index contributed by atoms with van der Waals surface area (Å²) in [6.07, 6.45) is 0. The molecule has 4 rings (SSSR count). The van der Waals surface area contributed by atoms with E-state index in [1.54, 1.807) is 32.3 Å². The Bertz CT molecular complexity index is 1330. The maximum atomic E-state index is 13.2. The van der Waals surface area contributed by atoms with E-state index in [-0.39, 0.29) is 36.4 Å². The lowest BCUT2D eigenvalue weighted by Crippen LogP contribution is -2.40. The number of nitrogens with one attached hydrogen (secondary N) is 1. The molecule has 192 valence electrons. The minimum atomic E-state index is -0.702. The van der Waals surface area contributed by atoms with Crippen molar-refractivity contribution in [2.45, 2.75) is 6.54 Å². The Kier molecular flexibility index (Phi) is 7.12. The van der Waals surface area contributed by atoms with Crippen LogP contribution in [0.15, 0.2) is 61.0 Å². The molecule has 0 bridgehead atoms. The zero-order valence-electron chi connectivity index (χ0n) is 21.0. The zero-order chi connectivity index (χ0) is 26.9. The van der Waals surface area contributed by atoms with Gasteiger partial charge < -0.3 is 24.6 Å². The van der Waals surface area contributed by atoms with Crippen molar-refractivity contribution in [3.05, 3.63) is 72.1 Å². The normalized spacial score (nSPS) is 14.0. The molecule has 0 saturated carbocycles. The van der Waals surface area contributed by atoms with Crippen LogP contribution >= 0.6 is 0 Å². The Morgan fingerprint density at radius 2 is 1.89 bits per heavy atom. The number of carbonyl (C=O) groups excluding carboxylic acids is 4. The molecule has 37 heavy (non-hydrogen) atoms. The van der Waals surface area contributed by atoms with Gasteiger partial charge in [0.25, 0.3) is 23.6 Å². The number of anilines is 1. The van der Waals surface area contributed by atoms with E-state index in [9.17, 15) is 19.2 Å². The van der Waals surface area contributed by atoms with Gasteiger partial charge in [0, 0.05) is 33.3 Å². The van der Waals surface area contributed by atoms with Crippen LogP contribution in [0.3, 0.4) is 0 Å². The molecule has 1 N–H and O–H groups in total. The van der Waals surface area contributed by atoms with Crippen molar-refractivity contribution in [1.29, 1.82) is 0 Å². The van der Waals surface area contributed by atoms with Gasteiger partial charge in [-0.25, -0.2) is 0 Å². The number of rotatable bonds is 8. The molecule has 2 aliphatic heterocycles. The van der Waals surface area contributed by atoms with Gasteiger partial charge in [0.15, 0.2) is 6.61 Å². The average molecular weight is 505 g/mol. The third-order valence-corrected chi connectivity index (χ3v) is 6.41. The van der Waals surface area contributed by atoms with Crippen LogP contribution in [-0.4, -0.2) is 74.4 Å². The van der Waals surface area contributed by atoms with Crippen LogP contribution in [0.1, 0.15) is 15.9 Å². The molecule has 0 aliphatic carbocycles. The van der Waals surface area contributed by atoms with Crippen LogP contribution in [0.4, 0.5) is 5.69 Å². The Morgan fingerprint density at radius 3 is 2.62 bits per heavy atom. The number of likely N-dealkylation sites (N-methyl/N-ethyl adjacent to an activating group) is 2. The fourth-order valence-electron chi connectivity index (χ4n) is 4.21. The summed E-state index contributed by atoms with van der Waals surface area (Å²) in [5.41, 5.74) is 3.14. The van der Waals surface area contributed by atoms with E-state index in [2.05, 4.69) is 18.5 Å². The molecule has 4 amide bonds. The predicted octanol–water partition coefficient (Wildman–Crippen LogP) is 1.91. The van der Waals surface area contributed by atoms with Gasteiger partial charge in [-0.2, -0.15) is 0 Å². The molecular weight excluding hydrogens is 476 g/mol. The topological polar surface area (TPSA) is 108 Å². The summed E-state index contributed by atoms with van der Waals surface area (Å²) in [4.78, 5) is 54.7. The van der Waals surface area contributed by atoms with Gasteiger partial charge in [0.05, 0.1) is 24.5 Å². The molecule has 0 atom stereocenters. The van der Waals surface area contributed by atoms with E-state index in [0.29, 0.717) is 30.2 Å². The van der Waals surface area contributed by atoms with Crippen molar-refractivity contribution in [3.8, 4) is 16.9 Å². The molecule has 10 heteroatoms. The molecule has 2 heterocycles. The Balaban J connectivity index is 1.53. The largest absolute Gasteiger partial charge is 0.482 e. The molecule has 0 unspecified atom stereocenters. The lowest BCUT2D eigenvalue weighted by molar-refractivity contribution is -0.128. The number of methoxy groups -OCH3 is 1. The first-order valence-corrected chi connectivity index (χ1v) is 11.5. The summed E-state index contributed by atoms with van der Waals surface area (Å²) in [7, 11) is 4.77. The van der Waals surface area contributed by atoms with E-state index < -0.39 is 11.8 Å². The maximum absolute atomic E-state index is 13.2. The van der Waals surface area contributed by atoms with Crippen LogP contribution in [0.25, 0.3) is 11.1 Å². The van der Waals surface area contributed by atoms with Gasteiger partial charge in [-0.3, -0.25) is 24.1 Å². The molecule has 2 aliphatic rings. The highest BCUT2D eigenvalue weighted by atomic mass is 16.5. The Morgan fingerprint density at radius 1 is 1.16 bits per heavy atom. The summed E-state index contributed by atoms with van der Waals surface area (Å²) in [5.74, 6) is -1.11. The van der Waals surface area contributed by atoms with E-state index in [1.165, 1.54) is 21.8 Å². The minimum absolute atomic E-state index is 0.0152. The second-order valence-electron chi connectivity index (χ2n) is 8.75. The number of ether oxygens (including phenoxy) is 2. The maximum Gasteiger partial charge on any atom is 0.271 e. The van der Waals surface area contributed by atoms with Gasteiger partial charge >= 0.3 is 0 Å². The second-order valence-corrected chi connectivity index (χ2v) is 8.75. The predicted molar refractivity (Wildman–Crippen MR) is 137 cm³/mol. The van der Waals surface area contributed by atoms with Crippen molar-refractivity contribution in [2.24, 2.45) is 0 Å². The molecule has 0 fully saturated rings. The number of fused-ring (bicyclic) bond motifs is 2. The molecule has 2 aromatic carbocycles. The summed E-state index contributed by atoms with van der Waals surface area (Å²) < 4.78 is 10.5. The van der Waals surface area contributed by atoms with E-state index in [1.807, 2.05) is 18.2 Å². The molecule has 0 saturated heterocycles. The van der Waals surface area contributed by atoms with Gasteiger partial charge in [-0.1, -0.05) is 31.4 Å². The van der Waals surface area contributed by atoms with Crippen molar-refractivity contribution in [1.82, 2.24) is 15.1 Å². The molecule has 0 spiro atoms. The van der Waals surface area contributed by atoms with E-state index in [0.717, 1.165) is 16.7 Å². The van der Waals surface area contributed by atoms with Crippen molar-refractivity contribution >= 4 is 29.3 Å². The molecule has 0 aromatic heterocycles. The molecule has 0 radical (unpaired) electrons. The van der Waals surface area contributed by atoms with Crippen molar-refractivity contribution in [2.75, 3.05) is 45.9 Å². The van der Waals surface area contributed by atoms with Crippen LogP contribution in [0.2, 0.25) is 0 Å². The first-order valence-electron chi connectivity index (χ1n) is 11.5. The summed E-state index contributed by atoms with van der Waals surface area (Å²) in [6.45, 7) is 8.21. The van der Waals surface area contributed by atoms with Gasteiger partial charge in [0.2, 0.25) is 0 Å². The van der Waals surface area contributed by atoms with Crippen molar-refractivity contribution < 1.29 is 28.7 Å². The Labute approximate surface area is 214 Å². The third kappa shape index (κ3) is 4.83. The van der Waals surface area contributed by atoms with Crippen molar-refractivity contribution in [3.63, 3.8) is 0 Å². The number of hydrogen-bond donors (Lipinski definition) is 1. The van der Waals surface area contributed by atoms with E-state index >= 15 is 0 Å². The quantitative estimate of drug-likeness (QED) is 0.551. The smallest absolute Gasteiger partial charge is 0.271 e. The first kappa shape index (κ1) is 25.6. The van der Waals surface area contributed by atoms with Gasteiger partial charge in [-0.05, 0) is 34.9 Å². The van der Waals surface area contributed by atoms with Gasteiger partial charge in [-0.15, -0.1) is 0 Å². The average Bonchev–Trinajstić information content (AvgIpc) is 3.24. The fraction of sp³-hybridized carbons (Fsp3) is 0.259. The number of nitrogens with zero attached hydrogens (tertiary/aromatic N) is 3. The first-order chi connectivity index (χ1) is 17.6. The standard InChI is InChI=1S/C27H28N4O6/c1-16(26(34)29(3)11-12-36-5)28-25(33)17(2)31-14-21-19(7-6-8-20(21)27(31)35)18-9-10-23-22(13-18)30(4)24(32)15-37-23/h6-10,13H,1-2,11-12,14-15H2,3-5H3,(H,28,33). The zero-order valence-corrected chi connectivity index (χ0v) is 21.0. The Hall–Kier alpha value is -4.44. The SMILES string of the molecule is C=C(NC(=O)C(=C)N1Cc2c(cccc2-c2ccc3c(c2)N(C)C(=O)CO3)C1=O)C(=O)N(C)CCOC. The number of amides is 4. The fourth-order valence-corrected chi connectivity index (χ4v) is 4.21. The number of benzene rings is 2. The summed E-state index contributed by atoms with van der Waals surface area (Å²) in [6, 6.07) is 10.8. The lowest BCUT2D eigenvalue weighted by atomic mass is 9.96. The molecule has 10 nitrogen and oxygen atoms in total. The second kappa shape index (κ2) is 10.3.